The Morgan fingerprint density at radius 3 is 1.28 bits per heavy atom. The predicted molar refractivity (Wildman–Crippen MR) is 61.4 cm³/mol. The number of nitrogens with zero attached hydrogens (tertiary/aromatic N) is 2. The molecule has 0 spiro atoms. The lowest BCUT2D eigenvalue weighted by Crippen LogP contribution is -2.37. The number of carbonyl (C=O) groups excluding carboxylic acids is 2. The predicted octanol–water partition coefficient (Wildman–Crippen LogP) is -0.232. The second kappa shape index (κ2) is 7.79. The molecule has 104 valence electrons. The molecule has 0 saturated carbocycles. The Labute approximate surface area is 107 Å². The lowest BCUT2D eigenvalue weighted by Gasteiger charge is -2.18. The maximum Gasteiger partial charge on any atom is 0.110 e. The minimum atomic E-state index is -1.34. The molecular weight excluding hydrogens is 236 g/mol. The van der Waals surface area contributed by atoms with Crippen molar-refractivity contribution in [3.63, 3.8) is 0 Å². The average Bonchev–Trinajstić information content (AvgIpc) is 2.20. The van der Waals surface area contributed by atoms with Crippen LogP contribution in [-0.4, -0.2) is 24.0 Å². The molecule has 0 aromatic rings. The summed E-state index contributed by atoms with van der Waals surface area (Å²) >= 11 is 0. The Morgan fingerprint density at radius 2 is 1.11 bits per heavy atom. The van der Waals surface area contributed by atoms with E-state index in [0.29, 0.717) is 0 Å². The zero-order valence-electron chi connectivity index (χ0n) is 11.3. The van der Waals surface area contributed by atoms with E-state index in [-0.39, 0.29) is 24.7 Å². The molecule has 0 aromatic carbocycles. The van der Waals surface area contributed by atoms with Crippen LogP contribution in [0.2, 0.25) is 0 Å². The number of rotatable bonds is 8. The average molecular weight is 256 g/mol. The molecule has 0 N–H and O–H groups in total. The molecule has 18 heavy (non-hydrogen) atoms. The topological polar surface area (TPSA) is 105 Å². The van der Waals surface area contributed by atoms with Crippen LogP contribution < -0.4 is 10.2 Å². The van der Waals surface area contributed by atoms with Crippen molar-refractivity contribution >= 4 is 11.9 Å². The van der Waals surface area contributed by atoms with Gasteiger partial charge in [0.05, 0.1) is 11.9 Å². The summed E-state index contributed by atoms with van der Waals surface area (Å²) in [6, 6.07) is -2.20. The third-order valence-electron chi connectivity index (χ3n) is 2.28. The summed E-state index contributed by atoms with van der Waals surface area (Å²) in [4.78, 5) is 21.6. The molecule has 0 aromatic heterocycles. The molecule has 0 aliphatic rings. The molecule has 6 nitrogen and oxygen atoms in total. The van der Waals surface area contributed by atoms with Gasteiger partial charge in [-0.3, -0.25) is 0 Å². The molecule has 0 heterocycles. The first kappa shape index (κ1) is 16.5. The molecule has 0 radical (unpaired) electrons. The second-order valence-electron chi connectivity index (χ2n) is 5.16. The zero-order valence-corrected chi connectivity index (χ0v) is 11.3. The second-order valence-corrected chi connectivity index (χ2v) is 5.16. The van der Waals surface area contributed by atoms with Crippen LogP contribution in [0.25, 0.3) is 0 Å². The van der Waals surface area contributed by atoms with Gasteiger partial charge in [-0.2, -0.15) is 10.2 Å². The van der Waals surface area contributed by atoms with Gasteiger partial charge in [-0.1, -0.05) is 27.7 Å². The number of carboxylic acids is 2. The van der Waals surface area contributed by atoms with Gasteiger partial charge < -0.3 is 19.8 Å². The van der Waals surface area contributed by atoms with E-state index in [4.69, 9.17) is 0 Å². The number of hydrogen-bond acceptors (Lipinski definition) is 6. The highest BCUT2D eigenvalue weighted by molar-refractivity contribution is 5.72. The summed E-state index contributed by atoms with van der Waals surface area (Å²) in [6.07, 6.45) is 0.542. The van der Waals surface area contributed by atoms with Crippen molar-refractivity contribution in [1.82, 2.24) is 0 Å². The maximum absolute atomic E-state index is 10.8. The summed E-state index contributed by atoms with van der Waals surface area (Å²) in [7, 11) is 0. The van der Waals surface area contributed by atoms with Crippen LogP contribution in [0.3, 0.4) is 0 Å². The van der Waals surface area contributed by atoms with Crippen LogP contribution in [0, 0.1) is 11.8 Å². The Kier molecular flexibility index (Phi) is 7.16. The molecular formula is C12H20N2O4-2. The molecule has 0 saturated heterocycles. The Hall–Kier alpha value is -1.46. The van der Waals surface area contributed by atoms with Gasteiger partial charge in [0.1, 0.15) is 12.1 Å². The van der Waals surface area contributed by atoms with Crippen molar-refractivity contribution in [3.8, 4) is 0 Å². The molecule has 6 heteroatoms. The van der Waals surface area contributed by atoms with Crippen molar-refractivity contribution in [1.29, 1.82) is 0 Å². The summed E-state index contributed by atoms with van der Waals surface area (Å²) in [5.74, 6) is -2.46. The van der Waals surface area contributed by atoms with Crippen LogP contribution >= 0.6 is 0 Å². The highest BCUT2D eigenvalue weighted by atomic mass is 16.4. The molecule has 0 fully saturated rings. The SMILES string of the molecule is CC(C)CC(N=NC(CC(C)C)C(=O)[O-])C(=O)[O-]. The van der Waals surface area contributed by atoms with E-state index < -0.39 is 24.0 Å². The molecule has 0 amide bonds. The van der Waals surface area contributed by atoms with E-state index in [9.17, 15) is 19.8 Å². The fraction of sp³-hybridized carbons (Fsp3) is 0.833. The third-order valence-corrected chi connectivity index (χ3v) is 2.28. The fourth-order valence-electron chi connectivity index (χ4n) is 1.44. The highest BCUT2D eigenvalue weighted by Crippen LogP contribution is 2.12. The molecule has 0 aliphatic carbocycles. The first-order chi connectivity index (χ1) is 8.23. The number of hydrogen-bond donors (Lipinski definition) is 0. The number of carbonyl (C=O) groups is 2. The first-order valence-corrected chi connectivity index (χ1v) is 6.05. The van der Waals surface area contributed by atoms with E-state index in [1.807, 2.05) is 27.7 Å². The smallest absolute Gasteiger partial charge is 0.110 e. The molecule has 0 bridgehead atoms. The van der Waals surface area contributed by atoms with E-state index in [0.717, 1.165) is 0 Å². The van der Waals surface area contributed by atoms with Gasteiger partial charge >= 0.3 is 0 Å². The molecule has 2 unspecified atom stereocenters. The van der Waals surface area contributed by atoms with Gasteiger partial charge in [0.25, 0.3) is 0 Å². The standard InChI is InChI=1S/C12H22N2O4/c1-7(2)5-9(11(15)16)13-14-10(12(17)18)6-8(3)4/h7-10H,5-6H2,1-4H3,(H,15,16)(H,17,18)/p-2. The largest absolute Gasteiger partial charge is 0.548 e. The van der Waals surface area contributed by atoms with Crippen molar-refractivity contribution < 1.29 is 19.8 Å². The quantitative estimate of drug-likeness (QED) is 0.559. The van der Waals surface area contributed by atoms with Gasteiger partial charge in [-0.05, 0) is 24.7 Å². The van der Waals surface area contributed by atoms with Crippen LogP contribution in [0.1, 0.15) is 40.5 Å². The number of carboxylic acid groups (broad SMARTS) is 2. The van der Waals surface area contributed by atoms with E-state index in [2.05, 4.69) is 10.2 Å². The molecule has 0 aliphatic heterocycles. The molecule has 2 atom stereocenters. The van der Waals surface area contributed by atoms with Crippen molar-refractivity contribution in [2.75, 3.05) is 0 Å². The van der Waals surface area contributed by atoms with Crippen LogP contribution in [-0.2, 0) is 9.59 Å². The van der Waals surface area contributed by atoms with E-state index in [1.165, 1.54) is 0 Å². The highest BCUT2D eigenvalue weighted by Gasteiger charge is 2.14. The van der Waals surface area contributed by atoms with Crippen molar-refractivity contribution in [2.24, 2.45) is 22.1 Å². The molecule has 0 rings (SSSR count). The van der Waals surface area contributed by atoms with Gasteiger partial charge in [0.2, 0.25) is 0 Å². The lowest BCUT2D eigenvalue weighted by atomic mass is 10.0. The van der Waals surface area contributed by atoms with E-state index in [1.54, 1.807) is 0 Å². The minimum absolute atomic E-state index is 0.110. The normalized spacial score (nSPS) is 15.2. The third kappa shape index (κ3) is 6.98. The van der Waals surface area contributed by atoms with Gasteiger partial charge in [-0.25, -0.2) is 0 Å². The summed E-state index contributed by atoms with van der Waals surface area (Å²) in [6.45, 7) is 7.37. The van der Waals surface area contributed by atoms with Crippen molar-refractivity contribution in [3.05, 3.63) is 0 Å². The number of aliphatic carboxylic acids is 2. The Morgan fingerprint density at radius 1 is 0.833 bits per heavy atom. The Bertz CT molecular complexity index is 283. The van der Waals surface area contributed by atoms with Gasteiger partial charge in [-0.15, -0.1) is 0 Å². The van der Waals surface area contributed by atoms with Gasteiger partial charge in [0.15, 0.2) is 0 Å². The minimum Gasteiger partial charge on any atom is -0.548 e. The summed E-state index contributed by atoms with van der Waals surface area (Å²) in [5.41, 5.74) is 0. The number of azo groups is 1. The summed E-state index contributed by atoms with van der Waals surface area (Å²) in [5, 5.41) is 28.8. The summed E-state index contributed by atoms with van der Waals surface area (Å²) < 4.78 is 0. The van der Waals surface area contributed by atoms with Crippen LogP contribution in [0.5, 0.6) is 0 Å². The van der Waals surface area contributed by atoms with Gasteiger partial charge in [0, 0.05) is 0 Å². The zero-order chi connectivity index (χ0) is 14.3. The van der Waals surface area contributed by atoms with E-state index >= 15 is 0 Å². The maximum atomic E-state index is 10.8. The Balaban J connectivity index is 4.70. The van der Waals surface area contributed by atoms with Crippen LogP contribution in [0.15, 0.2) is 10.2 Å². The first-order valence-electron chi connectivity index (χ1n) is 6.05. The monoisotopic (exact) mass is 256 g/mol. The lowest BCUT2D eigenvalue weighted by molar-refractivity contribution is -0.310. The van der Waals surface area contributed by atoms with Crippen molar-refractivity contribution in [2.45, 2.75) is 52.6 Å². The fourth-order valence-corrected chi connectivity index (χ4v) is 1.44. The van der Waals surface area contributed by atoms with Crippen LogP contribution in [0.4, 0.5) is 0 Å².